The Bertz CT molecular complexity index is 880. The summed E-state index contributed by atoms with van der Waals surface area (Å²) in [7, 11) is 4.15. The van der Waals surface area contributed by atoms with Gasteiger partial charge in [0, 0.05) is 18.2 Å². The van der Waals surface area contributed by atoms with Crippen molar-refractivity contribution in [2.45, 2.75) is 20.1 Å². The first kappa shape index (κ1) is 16.6. The van der Waals surface area contributed by atoms with E-state index in [9.17, 15) is 0 Å². The smallest absolute Gasteiger partial charge is 0.202 e. The van der Waals surface area contributed by atoms with Gasteiger partial charge in [-0.05, 0) is 24.7 Å². The van der Waals surface area contributed by atoms with Crippen molar-refractivity contribution in [3.63, 3.8) is 0 Å². The Morgan fingerprint density at radius 1 is 1.04 bits per heavy atom. The lowest BCUT2D eigenvalue weighted by Crippen LogP contribution is -3.07. The molecule has 3 rings (SSSR count). The minimum absolute atomic E-state index is 0.744. The molecule has 0 spiro atoms. The van der Waals surface area contributed by atoms with Gasteiger partial charge in [0.2, 0.25) is 4.77 Å². The predicted molar refractivity (Wildman–Crippen MR) is 99.2 cm³/mol. The fourth-order valence-electron chi connectivity index (χ4n) is 2.87. The number of nitrogens with zero attached hydrogens (tertiary/aromatic N) is 3. The van der Waals surface area contributed by atoms with E-state index < -0.39 is 0 Å². The molecule has 124 valence electrons. The van der Waals surface area contributed by atoms with Crippen LogP contribution in [0.3, 0.4) is 0 Å². The van der Waals surface area contributed by atoms with E-state index in [0.29, 0.717) is 0 Å². The Morgan fingerprint density at radius 2 is 1.71 bits per heavy atom. The summed E-state index contributed by atoms with van der Waals surface area (Å²) in [6.07, 6.45) is 0. The number of hydrogen-bond acceptors (Lipinski definition) is 2. The molecule has 0 aliphatic heterocycles. The number of nitrogens with one attached hydrogen (secondary N) is 1. The molecule has 0 bridgehead atoms. The van der Waals surface area contributed by atoms with Crippen LogP contribution in [0, 0.1) is 11.7 Å². The molecule has 0 saturated carbocycles. The summed E-state index contributed by atoms with van der Waals surface area (Å²) in [5.41, 5.74) is 3.77. The quantitative estimate of drug-likeness (QED) is 0.724. The molecule has 4 nitrogen and oxygen atoms in total. The second kappa shape index (κ2) is 7.11. The van der Waals surface area contributed by atoms with Crippen molar-refractivity contribution in [1.29, 1.82) is 0 Å². The lowest BCUT2D eigenvalue weighted by Gasteiger charge is -2.15. The molecule has 2 aromatic carbocycles. The van der Waals surface area contributed by atoms with Crippen LogP contribution in [0.1, 0.15) is 11.1 Å². The van der Waals surface area contributed by atoms with Crippen LogP contribution in [0.15, 0.2) is 54.6 Å². The van der Waals surface area contributed by atoms with Crippen molar-refractivity contribution in [2.75, 3.05) is 7.05 Å². The average molecular weight is 339 g/mol. The molecule has 1 N–H and O–H groups in total. The lowest BCUT2D eigenvalue weighted by atomic mass is 10.1. The van der Waals surface area contributed by atoms with E-state index in [1.807, 2.05) is 34.5 Å². The molecule has 1 atom stereocenters. The zero-order valence-corrected chi connectivity index (χ0v) is 15.2. The van der Waals surface area contributed by atoms with Gasteiger partial charge in [0.15, 0.2) is 12.5 Å². The van der Waals surface area contributed by atoms with Gasteiger partial charge in [-0.2, -0.15) is 4.68 Å². The van der Waals surface area contributed by atoms with E-state index in [1.54, 1.807) is 0 Å². The summed E-state index contributed by atoms with van der Waals surface area (Å²) in [6.45, 7) is 3.85. The molecule has 0 aliphatic rings. The minimum Gasteiger partial charge on any atom is -0.315 e. The summed E-state index contributed by atoms with van der Waals surface area (Å²) < 4.78 is 4.65. The second-order valence-corrected chi connectivity index (χ2v) is 6.61. The van der Waals surface area contributed by atoms with Crippen LogP contribution < -0.4 is 4.90 Å². The Labute approximate surface area is 148 Å². The molecule has 3 aromatic rings. The van der Waals surface area contributed by atoms with Gasteiger partial charge in [-0.1, -0.05) is 54.6 Å². The molecule has 0 radical (unpaired) electrons. The van der Waals surface area contributed by atoms with E-state index in [2.05, 4.69) is 50.4 Å². The molecule has 24 heavy (non-hydrogen) atoms. The molecular weight excluding hydrogens is 316 g/mol. The zero-order chi connectivity index (χ0) is 17.1. The first-order valence-electron chi connectivity index (χ1n) is 8.11. The molecule has 1 unspecified atom stereocenters. The fraction of sp³-hybridized carbons (Fsp3) is 0.263. The van der Waals surface area contributed by atoms with Gasteiger partial charge in [-0.15, -0.1) is 5.10 Å². The standard InChI is InChI=1S/C19H22N4S/c1-15-9-7-8-12-17(15)13-21(2)14-23-19(24)22(3)18(20-23)16-10-5-4-6-11-16/h4-12H,13-14H2,1-3H3/p+1. The number of aryl methyl sites for hydroxylation is 1. The predicted octanol–water partition coefficient (Wildman–Crippen LogP) is 2.60. The van der Waals surface area contributed by atoms with Crippen LogP contribution in [0.4, 0.5) is 0 Å². The average Bonchev–Trinajstić information content (AvgIpc) is 2.86. The van der Waals surface area contributed by atoms with Crippen LogP contribution in [0.25, 0.3) is 11.4 Å². The number of aromatic nitrogens is 3. The van der Waals surface area contributed by atoms with Gasteiger partial charge in [-0.25, -0.2) is 0 Å². The Morgan fingerprint density at radius 3 is 2.42 bits per heavy atom. The lowest BCUT2D eigenvalue weighted by molar-refractivity contribution is -0.917. The molecule has 0 saturated heterocycles. The monoisotopic (exact) mass is 339 g/mol. The third kappa shape index (κ3) is 3.47. The third-order valence-electron chi connectivity index (χ3n) is 4.25. The Hall–Kier alpha value is -2.24. The van der Waals surface area contributed by atoms with Gasteiger partial charge in [0.1, 0.15) is 6.54 Å². The molecule has 1 heterocycles. The van der Waals surface area contributed by atoms with Crippen molar-refractivity contribution in [1.82, 2.24) is 14.3 Å². The number of rotatable bonds is 5. The van der Waals surface area contributed by atoms with E-state index >= 15 is 0 Å². The molecule has 0 aliphatic carbocycles. The summed E-state index contributed by atoms with van der Waals surface area (Å²) in [5.74, 6) is 0.907. The van der Waals surface area contributed by atoms with Crippen LogP contribution in [-0.2, 0) is 20.3 Å². The van der Waals surface area contributed by atoms with E-state index in [0.717, 1.165) is 29.4 Å². The highest BCUT2D eigenvalue weighted by Crippen LogP contribution is 2.16. The Balaban J connectivity index is 1.81. The second-order valence-electron chi connectivity index (χ2n) is 6.25. The molecule has 0 fully saturated rings. The molecule has 5 heteroatoms. The highest BCUT2D eigenvalue weighted by molar-refractivity contribution is 7.71. The summed E-state index contributed by atoms with van der Waals surface area (Å²) in [5, 5.41) is 4.74. The van der Waals surface area contributed by atoms with Crippen molar-refractivity contribution in [3.8, 4) is 11.4 Å². The van der Waals surface area contributed by atoms with Gasteiger partial charge >= 0.3 is 0 Å². The van der Waals surface area contributed by atoms with Crippen molar-refractivity contribution in [2.24, 2.45) is 7.05 Å². The molecular formula is C19H23N4S+. The van der Waals surface area contributed by atoms with E-state index in [1.165, 1.54) is 16.0 Å². The SMILES string of the molecule is Cc1ccccc1C[NH+](C)Cn1nc(-c2ccccc2)n(C)c1=S. The number of hydrogen-bond donors (Lipinski definition) is 1. The largest absolute Gasteiger partial charge is 0.315 e. The maximum atomic E-state index is 5.57. The topological polar surface area (TPSA) is 27.2 Å². The normalized spacial score (nSPS) is 12.3. The first-order valence-corrected chi connectivity index (χ1v) is 8.52. The van der Waals surface area contributed by atoms with Gasteiger partial charge < -0.3 is 9.47 Å². The maximum Gasteiger partial charge on any atom is 0.202 e. The van der Waals surface area contributed by atoms with Crippen LogP contribution in [0.5, 0.6) is 0 Å². The highest BCUT2D eigenvalue weighted by atomic mass is 32.1. The van der Waals surface area contributed by atoms with Gasteiger partial charge in [0.05, 0.1) is 7.05 Å². The Kier molecular flexibility index (Phi) is 4.92. The minimum atomic E-state index is 0.744. The van der Waals surface area contributed by atoms with Crippen molar-refractivity contribution < 1.29 is 4.90 Å². The fourth-order valence-corrected chi connectivity index (χ4v) is 3.07. The highest BCUT2D eigenvalue weighted by Gasteiger charge is 2.13. The zero-order valence-electron chi connectivity index (χ0n) is 14.4. The third-order valence-corrected chi connectivity index (χ3v) is 4.73. The molecule has 1 aromatic heterocycles. The van der Waals surface area contributed by atoms with Crippen molar-refractivity contribution >= 4 is 12.2 Å². The van der Waals surface area contributed by atoms with Gasteiger partial charge in [0.25, 0.3) is 0 Å². The van der Waals surface area contributed by atoms with Crippen LogP contribution in [0.2, 0.25) is 0 Å². The summed E-state index contributed by atoms with van der Waals surface area (Å²) in [4.78, 5) is 1.35. The number of quaternary nitrogens is 1. The van der Waals surface area contributed by atoms with Gasteiger partial charge in [-0.3, -0.25) is 0 Å². The first-order chi connectivity index (χ1) is 11.6. The van der Waals surface area contributed by atoms with E-state index in [-0.39, 0.29) is 0 Å². The van der Waals surface area contributed by atoms with Crippen LogP contribution in [-0.4, -0.2) is 21.4 Å². The summed E-state index contributed by atoms with van der Waals surface area (Å²) in [6, 6.07) is 18.7. The van der Waals surface area contributed by atoms with Crippen molar-refractivity contribution in [3.05, 3.63) is 70.5 Å². The molecule has 0 amide bonds. The number of benzene rings is 2. The van der Waals surface area contributed by atoms with Crippen LogP contribution >= 0.6 is 12.2 Å². The summed E-state index contributed by atoms with van der Waals surface area (Å²) >= 11 is 5.57. The maximum absolute atomic E-state index is 5.57. The van der Waals surface area contributed by atoms with E-state index in [4.69, 9.17) is 17.3 Å².